The van der Waals surface area contributed by atoms with E-state index in [-0.39, 0.29) is 11.3 Å². The first-order valence-electron chi connectivity index (χ1n) is 5.97. The molecular formula is C16H17N. The molecule has 0 amide bonds. The van der Waals surface area contributed by atoms with Crippen molar-refractivity contribution >= 4 is 0 Å². The first kappa shape index (κ1) is 11.7. The largest absolute Gasteiger partial charge is 0.198 e. The molecule has 0 radical (unpaired) electrons. The van der Waals surface area contributed by atoms with Crippen LogP contribution in [-0.2, 0) is 5.41 Å². The minimum Gasteiger partial charge on any atom is -0.198 e. The molecule has 0 fully saturated rings. The standard InChI is InChI=1S/C16H17N/c1-13-6-8-15(9-7-13)16(2)11-4-3-5-14(16)10-12-17/h3-9,11,14H,10H2,1-2H3. The van der Waals surface area contributed by atoms with Crippen molar-refractivity contribution in [3.63, 3.8) is 0 Å². The molecule has 0 aliphatic heterocycles. The van der Waals surface area contributed by atoms with Crippen LogP contribution >= 0.6 is 0 Å². The number of rotatable bonds is 2. The minimum absolute atomic E-state index is 0.0574. The monoisotopic (exact) mass is 223 g/mol. The highest BCUT2D eigenvalue weighted by molar-refractivity contribution is 5.38. The summed E-state index contributed by atoms with van der Waals surface area (Å²) in [6.45, 7) is 4.30. The van der Waals surface area contributed by atoms with Crippen LogP contribution in [0.3, 0.4) is 0 Å². The number of nitrogens with zero attached hydrogens (tertiary/aromatic N) is 1. The van der Waals surface area contributed by atoms with Gasteiger partial charge in [0.15, 0.2) is 0 Å². The second-order valence-corrected chi connectivity index (χ2v) is 4.86. The van der Waals surface area contributed by atoms with Gasteiger partial charge in [-0.05, 0) is 12.5 Å². The fraction of sp³-hybridized carbons (Fsp3) is 0.312. The summed E-state index contributed by atoms with van der Waals surface area (Å²) in [4.78, 5) is 0. The van der Waals surface area contributed by atoms with Gasteiger partial charge in [0.1, 0.15) is 0 Å². The predicted molar refractivity (Wildman–Crippen MR) is 70.5 cm³/mol. The van der Waals surface area contributed by atoms with Crippen molar-refractivity contribution in [2.24, 2.45) is 5.92 Å². The van der Waals surface area contributed by atoms with E-state index in [1.54, 1.807) is 0 Å². The quantitative estimate of drug-likeness (QED) is 0.745. The summed E-state index contributed by atoms with van der Waals surface area (Å²) in [6, 6.07) is 10.9. The summed E-state index contributed by atoms with van der Waals surface area (Å²) < 4.78 is 0. The number of aryl methyl sites for hydroxylation is 1. The Balaban J connectivity index is 2.39. The zero-order valence-electron chi connectivity index (χ0n) is 10.4. The molecule has 1 nitrogen and oxygen atoms in total. The Hall–Kier alpha value is -1.81. The Kier molecular flexibility index (Phi) is 3.15. The second kappa shape index (κ2) is 4.59. The maximum atomic E-state index is 8.93. The number of benzene rings is 1. The SMILES string of the molecule is Cc1ccc(C2(C)C=CC=CC2CC#N)cc1. The van der Waals surface area contributed by atoms with Crippen molar-refractivity contribution in [3.05, 3.63) is 59.7 Å². The third-order valence-electron chi connectivity index (χ3n) is 3.65. The van der Waals surface area contributed by atoms with Gasteiger partial charge in [0.05, 0.1) is 6.07 Å². The maximum absolute atomic E-state index is 8.93. The molecule has 86 valence electrons. The van der Waals surface area contributed by atoms with Gasteiger partial charge in [0, 0.05) is 17.8 Å². The van der Waals surface area contributed by atoms with Crippen LogP contribution in [0, 0.1) is 24.2 Å². The van der Waals surface area contributed by atoms with E-state index in [1.165, 1.54) is 11.1 Å². The van der Waals surface area contributed by atoms with Crippen molar-refractivity contribution in [2.45, 2.75) is 25.7 Å². The van der Waals surface area contributed by atoms with Gasteiger partial charge in [-0.2, -0.15) is 5.26 Å². The summed E-state index contributed by atoms with van der Waals surface area (Å²) in [7, 11) is 0. The highest BCUT2D eigenvalue weighted by atomic mass is 14.4. The van der Waals surface area contributed by atoms with Crippen molar-refractivity contribution < 1.29 is 0 Å². The molecule has 0 bridgehead atoms. The molecule has 1 aliphatic rings. The molecule has 1 heteroatoms. The van der Waals surface area contributed by atoms with Crippen LogP contribution in [0.25, 0.3) is 0 Å². The van der Waals surface area contributed by atoms with Gasteiger partial charge in [-0.25, -0.2) is 0 Å². The van der Waals surface area contributed by atoms with E-state index in [9.17, 15) is 0 Å². The minimum atomic E-state index is -0.0574. The van der Waals surface area contributed by atoms with Crippen molar-refractivity contribution in [1.82, 2.24) is 0 Å². The average Bonchev–Trinajstić information content (AvgIpc) is 2.33. The second-order valence-electron chi connectivity index (χ2n) is 4.86. The van der Waals surface area contributed by atoms with Gasteiger partial charge in [0.25, 0.3) is 0 Å². The average molecular weight is 223 g/mol. The van der Waals surface area contributed by atoms with Gasteiger partial charge in [0.2, 0.25) is 0 Å². The molecule has 0 aromatic heterocycles. The first-order chi connectivity index (χ1) is 8.16. The Bertz CT molecular complexity index is 487. The molecule has 0 heterocycles. The Morgan fingerprint density at radius 3 is 2.59 bits per heavy atom. The lowest BCUT2D eigenvalue weighted by atomic mass is 9.68. The fourth-order valence-electron chi connectivity index (χ4n) is 2.38. The Morgan fingerprint density at radius 1 is 1.24 bits per heavy atom. The molecule has 2 rings (SSSR count). The summed E-state index contributed by atoms with van der Waals surface area (Å²) >= 11 is 0. The maximum Gasteiger partial charge on any atom is 0.0628 e. The van der Waals surface area contributed by atoms with Crippen LogP contribution < -0.4 is 0 Å². The fourth-order valence-corrected chi connectivity index (χ4v) is 2.38. The van der Waals surface area contributed by atoms with Gasteiger partial charge in [-0.15, -0.1) is 0 Å². The van der Waals surface area contributed by atoms with Gasteiger partial charge in [-0.3, -0.25) is 0 Å². The van der Waals surface area contributed by atoms with Crippen molar-refractivity contribution in [2.75, 3.05) is 0 Å². The molecule has 1 aromatic carbocycles. The van der Waals surface area contributed by atoms with Crippen LogP contribution in [-0.4, -0.2) is 0 Å². The van der Waals surface area contributed by atoms with E-state index < -0.39 is 0 Å². The lowest BCUT2D eigenvalue weighted by Gasteiger charge is -2.34. The highest BCUT2D eigenvalue weighted by Gasteiger charge is 2.32. The molecule has 0 N–H and O–H groups in total. The lowest BCUT2D eigenvalue weighted by molar-refractivity contribution is 0.431. The van der Waals surface area contributed by atoms with Crippen LogP contribution in [0.1, 0.15) is 24.5 Å². The van der Waals surface area contributed by atoms with Crippen LogP contribution in [0.5, 0.6) is 0 Å². The Labute approximate surface area is 103 Å². The molecule has 0 spiro atoms. The van der Waals surface area contributed by atoms with Crippen LogP contribution in [0.15, 0.2) is 48.6 Å². The molecular weight excluding hydrogens is 206 g/mol. The highest BCUT2D eigenvalue weighted by Crippen LogP contribution is 2.38. The zero-order chi connectivity index (χ0) is 12.3. The van der Waals surface area contributed by atoms with Crippen LogP contribution in [0.4, 0.5) is 0 Å². The van der Waals surface area contributed by atoms with Crippen molar-refractivity contribution in [3.8, 4) is 6.07 Å². The van der Waals surface area contributed by atoms with E-state index in [0.717, 1.165) is 0 Å². The topological polar surface area (TPSA) is 23.8 Å². The molecule has 1 aliphatic carbocycles. The number of allylic oxidation sites excluding steroid dienone is 4. The van der Waals surface area contributed by atoms with Crippen LogP contribution in [0.2, 0.25) is 0 Å². The third-order valence-corrected chi connectivity index (χ3v) is 3.65. The Morgan fingerprint density at radius 2 is 1.94 bits per heavy atom. The molecule has 0 saturated heterocycles. The number of hydrogen-bond donors (Lipinski definition) is 0. The normalized spacial score (nSPS) is 26.8. The summed E-state index contributed by atoms with van der Waals surface area (Å²) in [6.07, 6.45) is 9.03. The van der Waals surface area contributed by atoms with Gasteiger partial charge >= 0.3 is 0 Å². The van der Waals surface area contributed by atoms with E-state index in [2.05, 4.69) is 62.4 Å². The predicted octanol–water partition coefficient (Wildman–Crippen LogP) is 3.91. The molecule has 17 heavy (non-hydrogen) atoms. The summed E-state index contributed by atoms with van der Waals surface area (Å²) in [5, 5.41) is 8.93. The number of hydrogen-bond acceptors (Lipinski definition) is 1. The van der Waals surface area contributed by atoms with E-state index in [1.807, 2.05) is 6.08 Å². The molecule has 2 atom stereocenters. The summed E-state index contributed by atoms with van der Waals surface area (Å²) in [5.74, 6) is 0.264. The van der Waals surface area contributed by atoms with E-state index in [4.69, 9.17) is 5.26 Å². The zero-order valence-corrected chi connectivity index (χ0v) is 10.4. The van der Waals surface area contributed by atoms with Crippen molar-refractivity contribution in [1.29, 1.82) is 5.26 Å². The molecule has 1 aromatic rings. The summed E-state index contributed by atoms with van der Waals surface area (Å²) in [5.41, 5.74) is 2.49. The lowest BCUT2D eigenvalue weighted by Crippen LogP contribution is -2.30. The van der Waals surface area contributed by atoms with E-state index >= 15 is 0 Å². The number of nitriles is 1. The first-order valence-corrected chi connectivity index (χ1v) is 5.97. The smallest absolute Gasteiger partial charge is 0.0628 e. The molecule has 2 unspecified atom stereocenters. The van der Waals surface area contributed by atoms with Gasteiger partial charge in [-0.1, -0.05) is 61.1 Å². The molecule has 0 saturated carbocycles. The van der Waals surface area contributed by atoms with E-state index in [0.29, 0.717) is 6.42 Å². The third kappa shape index (κ3) is 2.17. The van der Waals surface area contributed by atoms with Gasteiger partial charge < -0.3 is 0 Å².